The van der Waals surface area contributed by atoms with Crippen molar-refractivity contribution in [2.45, 2.75) is 37.0 Å². The van der Waals surface area contributed by atoms with Gasteiger partial charge in [0.1, 0.15) is 5.82 Å². The molecule has 11 heteroatoms. The van der Waals surface area contributed by atoms with E-state index < -0.39 is 9.84 Å². The van der Waals surface area contributed by atoms with Crippen LogP contribution in [0.2, 0.25) is 0 Å². The van der Waals surface area contributed by atoms with Gasteiger partial charge in [-0.2, -0.15) is 0 Å². The Morgan fingerprint density at radius 2 is 1.97 bits per heavy atom. The van der Waals surface area contributed by atoms with Crippen molar-refractivity contribution in [1.82, 2.24) is 19.7 Å². The first-order valence-electron chi connectivity index (χ1n) is 10.7. The SMILES string of the molecule is C=CCn1c(SCC(=O)N2CCc3cc(OC)c(OC)cc3C2)nnc1[C@H]1CCS(=O)(=O)C1. The Morgan fingerprint density at radius 3 is 2.61 bits per heavy atom. The highest BCUT2D eigenvalue weighted by Gasteiger charge is 2.33. The number of fused-ring (bicyclic) bond motifs is 1. The standard InChI is InChI=1S/C22H28N4O5S2/c1-4-7-26-21(16-6-9-33(28,29)14-16)23-24-22(26)32-13-20(27)25-8-5-15-10-18(30-2)19(31-3)11-17(15)12-25/h4,10-11,16H,1,5-9,12-14H2,2-3H3/t16-/m0/s1. The molecule has 1 saturated heterocycles. The number of allylic oxidation sites excluding steroid dienone is 1. The number of methoxy groups -OCH3 is 2. The van der Waals surface area contributed by atoms with Crippen molar-refractivity contribution in [3.05, 3.63) is 41.7 Å². The van der Waals surface area contributed by atoms with Crippen LogP contribution in [0.1, 0.15) is 29.3 Å². The van der Waals surface area contributed by atoms with E-state index in [9.17, 15) is 13.2 Å². The average Bonchev–Trinajstić information content (AvgIpc) is 3.38. The van der Waals surface area contributed by atoms with Crippen LogP contribution in [0.3, 0.4) is 0 Å². The zero-order valence-electron chi connectivity index (χ0n) is 18.8. The predicted molar refractivity (Wildman–Crippen MR) is 126 cm³/mol. The summed E-state index contributed by atoms with van der Waals surface area (Å²) in [6.07, 6.45) is 3.02. The highest BCUT2D eigenvalue weighted by Crippen LogP contribution is 2.34. The third kappa shape index (κ3) is 5.03. The summed E-state index contributed by atoms with van der Waals surface area (Å²) in [5, 5.41) is 9.12. The molecule has 2 aliphatic rings. The summed E-state index contributed by atoms with van der Waals surface area (Å²) in [6.45, 7) is 5.40. The first kappa shape index (κ1) is 23.6. The summed E-state index contributed by atoms with van der Waals surface area (Å²) in [6, 6.07) is 3.91. The molecule has 0 N–H and O–H groups in total. The van der Waals surface area contributed by atoms with Crippen LogP contribution in [0.25, 0.3) is 0 Å². The van der Waals surface area contributed by atoms with Crippen LogP contribution in [0, 0.1) is 0 Å². The summed E-state index contributed by atoms with van der Waals surface area (Å²) in [5.74, 6) is 2.33. The van der Waals surface area contributed by atoms with Crippen molar-refractivity contribution in [3.63, 3.8) is 0 Å². The maximum Gasteiger partial charge on any atom is 0.233 e. The zero-order valence-corrected chi connectivity index (χ0v) is 20.5. The second kappa shape index (κ2) is 9.76. The van der Waals surface area contributed by atoms with E-state index in [0.29, 0.717) is 48.5 Å². The van der Waals surface area contributed by atoms with Gasteiger partial charge in [0.25, 0.3) is 0 Å². The number of thioether (sulfide) groups is 1. The summed E-state index contributed by atoms with van der Waals surface area (Å²) < 4.78 is 36.4. The molecule has 4 rings (SSSR count). The van der Waals surface area contributed by atoms with Gasteiger partial charge < -0.3 is 18.9 Å². The van der Waals surface area contributed by atoms with E-state index in [0.717, 1.165) is 17.5 Å². The van der Waals surface area contributed by atoms with E-state index in [1.54, 1.807) is 20.3 Å². The molecule has 3 heterocycles. The lowest BCUT2D eigenvalue weighted by Gasteiger charge is -2.29. The normalized spacial score (nSPS) is 19.2. The largest absolute Gasteiger partial charge is 0.493 e. The Kier molecular flexibility index (Phi) is 6.99. The highest BCUT2D eigenvalue weighted by atomic mass is 32.2. The second-order valence-electron chi connectivity index (χ2n) is 8.17. The Balaban J connectivity index is 1.44. The molecule has 0 bridgehead atoms. The summed E-state index contributed by atoms with van der Waals surface area (Å²) in [7, 11) is 0.180. The van der Waals surface area contributed by atoms with Crippen LogP contribution < -0.4 is 9.47 Å². The lowest BCUT2D eigenvalue weighted by molar-refractivity contribution is -0.129. The van der Waals surface area contributed by atoms with Crippen molar-refractivity contribution >= 4 is 27.5 Å². The van der Waals surface area contributed by atoms with Gasteiger partial charge in [-0.25, -0.2) is 8.42 Å². The lowest BCUT2D eigenvalue weighted by Crippen LogP contribution is -2.37. The van der Waals surface area contributed by atoms with Gasteiger partial charge in [0.05, 0.1) is 31.5 Å². The maximum atomic E-state index is 13.0. The Labute approximate surface area is 198 Å². The van der Waals surface area contributed by atoms with Crippen molar-refractivity contribution in [2.75, 3.05) is 38.0 Å². The van der Waals surface area contributed by atoms with Gasteiger partial charge in [-0.15, -0.1) is 16.8 Å². The van der Waals surface area contributed by atoms with Crippen LogP contribution in [0.5, 0.6) is 11.5 Å². The number of sulfone groups is 1. The monoisotopic (exact) mass is 492 g/mol. The number of ether oxygens (including phenoxy) is 2. The number of amides is 1. The molecular formula is C22H28N4O5S2. The van der Waals surface area contributed by atoms with Gasteiger partial charge in [0.15, 0.2) is 26.5 Å². The predicted octanol–water partition coefficient (Wildman–Crippen LogP) is 2.06. The molecule has 2 aliphatic heterocycles. The minimum Gasteiger partial charge on any atom is -0.493 e. The van der Waals surface area contributed by atoms with Crippen LogP contribution >= 0.6 is 11.8 Å². The third-order valence-electron chi connectivity index (χ3n) is 6.05. The number of carbonyl (C=O) groups excluding carboxylic acids is 1. The molecule has 178 valence electrons. The van der Waals surface area contributed by atoms with E-state index in [2.05, 4.69) is 16.8 Å². The molecule has 9 nitrogen and oxygen atoms in total. The number of benzene rings is 1. The summed E-state index contributed by atoms with van der Waals surface area (Å²) >= 11 is 1.32. The molecule has 0 unspecified atom stereocenters. The Hall–Kier alpha value is -2.53. The molecule has 33 heavy (non-hydrogen) atoms. The number of hydrogen-bond donors (Lipinski definition) is 0. The second-order valence-corrected chi connectivity index (χ2v) is 11.3. The van der Waals surface area contributed by atoms with E-state index in [4.69, 9.17) is 9.47 Å². The van der Waals surface area contributed by atoms with Crippen LogP contribution in [0.15, 0.2) is 29.9 Å². The molecule has 0 aliphatic carbocycles. The van der Waals surface area contributed by atoms with Gasteiger partial charge in [-0.05, 0) is 36.1 Å². The molecule has 1 aromatic heterocycles. The minimum absolute atomic E-state index is 0.0126. The molecule has 0 spiro atoms. The Morgan fingerprint density at radius 1 is 1.24 bits per heavy atom. The third-order valence-corrected chi connectivity index (χ3v) is 8.77. The summed E-state index contributed by atoms with van der Waals surface area (Å²) in [5.41, 5.74) is 2.21. The molecule has 2 aromatic rings. The topological polar surface area (TPSA) is 104 Å². The van der Waals surface area contributed by atoms with E-state index in [1.807, 2.05) is 21.6 Å². The van der Waals surface area contributed by atoms with Crippen molar-refractivity contribution in [3.8, 4) is 11.5 Å². The minimum atomic E-state index is -3.03. The van der Waals surface area contributed by atoms with Crippen LogP contribution in [-0.2, 0) is 34.1 Å². The zero-order chi connectivity index (χ0) is 23.6. The molecular weight excluding hydrogens is 464 g/mol. The smallest absolute Gasteiger partial charge is 0.233 e. The number of hydrogen-bond acceptors (Lipinski definition) is 8. The van der Waals surface area contributed by atoms with Crippen molar-refractivity contribution < 1.29 is 22.7 Å². The fourth-order valence-electron chi connectivity index (χ4n) is 4.32. The van der Waals surface area contributed by atoms with Gasteiger partial charge >= 0.3 is 0 Å². The number of nitrogens with zero attached hydrogens (tertiary/aromatic N) is 4. The molecule has 1 aromatic carbocycles. The Bertz CT molecular complexity index is 1160. The first-order chi connectivity index (χ1) is 15.8. The fraction of sp³-hybridized carbons (Fsp3) is 0.500. The number of rotatable bonds is 8. The van der Waals surface area contributed by atoms with E-state index in [1.165, 1.54) is 11.8 Å². The van der Waals surface area contributed by atoms with Gasteiger partial charge in [0.2, 0.25) is 5.91 Å². The molecule has 1 atom stereocenters. The lowest BCUT2D eigenvalue weighted by atomic mass is 9.99. The van der Waals surface area contributed by atoms with E-state index in [-0.39, 0.29) is 29.1 Å². The molecule has 1 amide bonds. The van der Waals surface area contributed by atoms with E-state index >= 15 is 0 Å². The number of aromatic nitrogens is 3. The first-order valence-corrected chi connectivity index (χ1v) is 13.5. The van der Waals surface area contributed by atoms with Gasteiger partial charge in [-0.3, -0.25) is 4.79 Å². The number of carbonyl (C=O) groups is 1. The summed E-state index contributed by atoms with van der Waals surface area (Å²) in [4.78, 5) is 14.8. The molecule has 0 saturated carbocycles. The molecule has 1 fully saturated rings. The highest BCUT2D eigenvalue weighted by molar-refractivity contribution is 7.99. The maximum absolute atomic E-state index is 13.0. The van der Waals surface area contributed by atoms with Gasteiger partial charge in [-0.1, -0.05) is 17.8 Å². The van der Waals surface area contributed by atoms with Crippen molar-refractivity contribution in [1.29, 1.82) is 0 Å². The van der Waals surface area contributed by atoms with Crippen molar-refractivity contribution in [2.24, 2.45) is 0 Å². The average molecular weight is 493 g/mol. The quantitative estimate of drug-likeness (QED) is 0.408. The fourth-order valence-corrected chi connectivity index (χ4v) is 6.92. The molecule has 0 radical (unpaired) electrons. The van der Waals surface area contributed by atoms with Gasteiger partial charge in [0, 0.05) is 25.6 Å². The van der Waals surface area contributed by atoms with Crippen LogP contribution in [0.4, 0.5) is 0 Å². The van der Waals surface area contributed by atoms with Crippen LogP contribution in [-0.4, -0.2) is 72.0 Å².